The van der Waals surface area contributed by atoms with Crippen LogP contribution in [0.5, 0.6) is 11.5 Å². The number of ether oxygens (including phenoxy) is 2. The molecule has 5 heteroatoms. The molecule has 0 unspecified atom stereocenters. The Morgan fingerprint density at radius 1 is 1.29 bits per heavy atom. The number of thiophene rings is 1. The molecule has 112 valence electrons. The molecule has 0 radical (unpaired) electrons. The van der Waals surface area contributed by atoms with Crippen LogP contribution in [0.15, 0.2) is 30.3 Å². The Morgan fingerprint density at radius 2 is 2.14 bits per heavy atom. The summed E-state index contributed by atoms with van der Waals surface area (Å²) in [5, 5.41) is 3.51. The third-order valence-electron chi connectivity index (χ3n) is 3.43. The fourth-order valence-electron chi connectivity index (χ4n) is 2.14. The lowest BCUT2D eigenvalue weighted by Crippen LogP contribution is -2.16. The van der Waals surface area contributed by atoms with Gasteiger partial charge in [0.1, 0.15) is 6.61 Å². The van der Waals surface area contributed by atoms with E-state index in [9.17, 15) is 0 Å². The van der Waals surface area contributed by atoms with Gasteiger partial charge >= 0.3 is 0 Å². The zero-order valence-corrected chi connectivity index (χ0v) is 13.5. The number of halogens is 1. The van der Waals surface area contributed by atoms with Crippen LogP contribution in [-0.4, -0.2) is 13.2 Å². The molecule has 1 aliphatic carbocycles. The minimum atomic E-state index is 0.508. The summed E-state index contributed by atoms with van der Waals surface area (Å²) in [4.78, 5) is 1.10. The zero-order valence-electron chi connectivity index (χ0n) is 11.9. The van der Waals surface area contributed by atoms with Gasteiger partial charge in [-0.2, -0.15) is 0 Å². The Hall–Kier alpha value is -1.23. The summed E-state index contributed by atoms with van der Waals surface area (Å²) in [5.74, 6) is 1.59. The summed E-state index contributed by atoms with van der Waals surface area (Å²) in [7, 11) is 1.67. The number of methoxy groups -OCH3 is 1. The van der Waals surface area contributed by atoms with Crippen molar-refractivity contribution in [2.24, 2.45) is 0 Å². The first kappa shape index (κ1) is 14.7. The monoisotopic (exact) mass is 323 g/mol. The zero-order chi connectivity index (χ0) is 14.7. The number of rotatable bonds is 7. The smallest absolute Gasteiger partial charge is 0.166 e. The average Bonchev–Trinajstić information content (AvgIpc) is 3.24. The average molecular weight is 324 g/mol. The van der Waals surface area contributed by atoms with Crippen molar-refractivity contribution in [3.05, 3.63) is 45.1 Å². The van der Waals surface area contributed by atoms with Gasteiger partial charge < -0.3 is 14.8 Å². The highest BCUT2D eigenvalue weighted by Gasteiger charge is 2.21. The standard InChI is InChI=1S/C16H18ClNO2S/c1-19-14-4-2-3-11(9-18-12-5-6-12)16(14)20-10-13-7-8-15(17)21-13/h2-4,7-8,12,18H,5-6,9-10H2,1H3. The van der Waals surface area contributed by atoms with E-state index in [0.29, 0.717) is 12.6 Å². The van der Waals surface area contributed by atoms with Crippen molar-refractivity contribution in [2.75, 3.05) is 7.11 Å². The summed E-state index contributed by atoms with van der Waals surface area (Å²) in [6, 6.07) is 10.6. The van der Waals surface area contributed by atoms with Crippen LogP contribution in [0.3, 0.4) is 0 Å². The first-order valence-corrected chi connectivity index (χ1v) is 8.22. The summed E-state index contributed by atoms with van der Waals surface area (Å²) < 4.78 is 12.2. The van der Waals surface area contributed by atoms with E-state index in [0.717, 1.165) is 32.8 Å². The maximum Gasteiger partial charge on any atom is 0.166 e. The molecule has 21 heavy (non-hydrogen) atoms. The first-order chi connectivity index (χ1) is 10.3. The van der Waals surface area contributed by atoms with E-state index in [1.807, 2.05) is 24.3 Å². The van der Waals surface area contributed by atoms with Gasteiger partial charge in [-0.05, 0) is 31.0 Å². The Morgan fingerprint density at radius 3 is 2.81 bits per heavy atom. The highest BCUT2D eigenvalue weighted by atomic mass is 35.5. The highest BCUT2D eigenvalue weighted by molar-refractivity contribution is 7.16. The Kier molecular flexibility index (Phi) is 4.68. The summed E-state index contributed by atoms with van der Waals surface area (Å²) in [6.07, 6.45) is 2.54. The molecule has 1 aromatic heterocycles. The fourth-order valence-corrected chi connectivity index (χ4v) is 3.14. The van der Waals surface area contributed by atoms with Crippen molar-refractivity contribution in [1.82, 2.24) is 5.32 Å². The molecule has 1 heterocycles. The summed E-state index contributed by atoms with van der Waals surface area (Å²) in [5.41, 5.74) is 1.13. The molecule has 0 aliphatic heterocycles. The SMILES string of the molecule is COc1cccc(CNC2CC2)c1OCc1ccc(Cl)s1. The molecule has 1 saturated carbocycles. The van der Waals surface area contributed by atoms with Crippen LogP contribution in [0.1, 0.15) is 23.3 Å². The van der Waals surface area contributed by atoms with Gasteiger partial charge in [0, 0.05) is 23.0 Å². The van der Waals surface area contributed by atoms with E-state index in [1.165, 1.54) is 24.2 Å². The summed E-state index contributed by atoms with van der Waals surface area (Å²) in [6.45, 7) is 1.32. The van der Waals surface area contributed by atoms with Crippen LogP contribution in [-0.2, 0) is 13.2 Å². The Bertz CT molecular complexity index is 610. The molecular formula is C16H18ClNO2S. The second kappa shape index (κ2) is 6.69. The lowest BCUT2D eigenvalue weighted by molar-refractivity contribution is 0.283. The number of hydrogen-bond acceptors (Lipinski definition) is 4. The Labute approximate surface area is 133 Å². The number of nitrogens with one attached hydrogen (secondary N) is 1. The van der Waals surface area contributed by atoms with Crippen molar-refractivity contribution in [3.63, 3.8) is 0 Å². The van der Waals surface area contributed by atoms with Gasteiger partial charge in [-0.3, -0.25) is 0 Å². The molecule has 0 bridgehead atoms. The van der Waals surface area contributed by atoms with E-state index >= 15 is 0 Å². The molecule has 0 spiro atoms. The van der Waals surface area contributed by atoms with Gasteiger partial charge in [0.15, 0.2) is 11.5 Å². The molecule has 2 aromatic rings. The predicted octanol–water partition coefficient (Wildman–Crippen LogP) is 4.24. The minimum absolute atomic E-state index is 0.508. The maximum absolute atomic E-state index is 6.00. The summed E-state index contributed by atoms with van der Waals surface area (Å²) >= 11 is 7.49. The first-order valence-electron chi connectivity index (χ1n) is 7.02. The van der Waals surface area contributed by atoms with Crippen LogP contribution in [0.25, 0.3) is 0 Å². The largest absolute Gasteiger partial charge is 0.493 e. The predicted molar refractivity (Wildman–Crippen MR) is 86.5 cm³/mol. The topological polar surface area (TPSA) is 30.5 Å². The van der Waals surface area contributed by atoms with Gasteiger partial charge in [-0.1, -0.05) is 23.7 Å². The molecule has 3 nitrogen and oxygen atoms in total. The van der Waals surface area contributed by atoms with Crippen molar-refractivity contribution in [2.45, 2.75) is 32.0 Å². The second-order valence-electron chi connectivity index (χ2n) is 5.10. The fraction of sp³-hybridized carbons (Fsp3) is 0.375. The molecule has 0 amide bonds. The van der Waals surface area contributed by atoms with Crippen LogP contribution >= 0.6 is 22.9 Å². The third kappa shape index (κ3) is 3.90. The second-order valence-corrected chi connectivity index (χ2v) is 6.90. The van der Waals surface area contributed by atoms with Crippen molar-refractivity contribution in [3.8, 4) is 11.5 Å². The lowest BCUT2D eigenvalue weighted by Gasteiger charge is -2.15. The normalized spacial score (nSPS) is 14.2. The third-order valence-corrected chi connectivity index (χ3v) is 4.63. The molecule has 1 N–H and O–H groups in total. The van der Waals surface area contributed by atoms with E-state index < -0.39 is 0 Å². The van der Waals surface area contributed by atoms with Crippen LogP contribution in [0.4, 0.5) is 0 Å². The molecule has 0 atom stereocenters. The van der Waals surface area contributed by atoms with E-state index in [-0.39, 0.29) is 0 Å². The number of para-hydroxylation sites is 1. The van der Waals surface area contributed by atoms with Crippen LogP contribution < -0.4 is 14.8 Å². The highest BCUT2D eigenvalue weighted by Crippen LogP contribution is 2.33. The lowest BCUT2D eigenvalue weighted by atomic mass is 10.2. The van der Waals surface area contributed by atoms with Crippen LogP contribution in [0.2, 0.25) is 4.34 Å². The van der Waals surface area contributed by atoms with Gasteiger partial charge in [0.2, 0.25) is 0 Å². The van der Waals surface area contributed by atoms with E-state index in [4.69, 9.17) is 21.1 Å². The molecule has 3 rings (SSSR count). The molecular weight excluding hydrogens is 306 g/mol. The quantitative estimate of drug-likeness (QED) is 0.826. The molecule has 1 aliphatic rings. The van der Waals surface area contributed by atoms with Gasteiger partial charge in [-0.25, -0.2) is 0 Å². The molecule has 1 fully saturated rings. The van der Waals surface area contributed by atoms with Crippen molar-refractivity contribution in [1.29, 1.82) is 0 Å². The maximum atomic E-state index is 6.00. The van der Waals surface area contributed by atoms with Gasteiger partial charge in [0.05, 0.1) is 11.4 Å². The van der Waals surface area contributed by atoms with Crippen molar-refractivity contribution < 1.29 is 9.47 Å². The van der Waals surface area contributed by atoms with E-state index in [2.05, 4.69) is 11.4 Å². The Balaban J connectivity index is 1.73. The van der Waals surface area contributed by atoms with Gasteiger partial charge in [-0.15, -0.1) is 11.3 Å². The van der Waals surface area contributed by atoms with E-state index in [1.54, 1.807) is 7.11 Å². The van der Waals surface area contributed by atoms with Gasteiger partial charge in [0.25, 0.3) is 0 Å². The van der Waals surface area contributed by atoms with Crippen LogP contribution in [0, 0.1) is 0 Å². The molecule has 0 saturated heterocycles. The number of benzene rings is 1. The van der Waals surface area contributed by atoms with Crippen molar-refractivity contribution >= 4 is 22.9 Å². The minimum Gasteiger partial charge on any atom is -0.493 e. The number of hydrogen-bond donors (Lipinski definition) is 1. The molecule has 1 aromatic carbocycles.